The first kappa shape index (κ1) is 21.2. The van der Waals surface area contributed by atoms with Crippen LogP contribution >= 0.6 is 12.4 Å². The SMILES string of the molecule is Cc1ccc(NS(=O)(=O)c2cccc(C(=O)N3CCCNCC3)c2)cc1.Cl. The third-order valence-electron chi connectivity index (χ3n) is 4.32. The summed E-state index contributed by atoms with van der Waals surface area (Å²) in [5.74, 6) is -0.138. The van der Waals surface area contributed by atoms with Gasteiger partial charge in [-0.15, -0.1) is 12.4 Å². The number of carbonyl (C=O) groups excluding carboxylic acids is 1. The molecule has 0 unspecified atom stereocenters. The van der Waals surface area contributed by atoms with E-state index in [0.717, 1.165) is 25.1 Å². The smallest absolute Gasteiger partial charge is 0.261 e. The fourth-order valence-corrected chi connectivity index (χ4v) is 3.97. The number of hydrogen-bond acceptors (Lipinski definition) is 4. The standard InChI is InChI=1S/C19H23N3O3S.ClH/c1-15-6-8-17(9-7-15)21-26(24,25)18-5-2-4-16(14-18)19(23)22-12-3-10-20-11-13-22;/h2,4-9,14,20-21H,3,10-13H2,1H3;1H. The second-order valence-corrected chi connectivity index (χ2v) is 8.08. The lowest BCUT2D eigenvalue weighted by Gasteiger charge is -2.20. The molecule has 0 aromatic heterocycles. The second kappa shape index (κ2) is 9.21. The Balaban J connectivity index is 0.00000261. The van der Waals surface area contributed by atoms with Gasteiger partial charge in [-0.25, -0.2) is 8.42 Å². The van der Waals surface area contributed by atoms with Crippen LogP contribution < -0.4 is 10.0 Å². The first-order chi connectivity index (χ1) is 12.5. The lowest BCUT2D eigenvalue weighted by molar-refractivity contribution is 0.0766. The van der Waals surface area contributed by atoms with Crippen LogP contribution in [0.3, 0.4) is 0 Å². The minimum Gasteiger partial charge on any atom is -0.337 e. The monoisotopic (exact) mass is 409 g/mol. The fourth-order valence-electron chi connectivity index (χ4n) is 2.86. The topological polar surface area (TPSA) is 78.5 Å². The summed E-state index contributed by atoms with van der Waals surface area (Å²) in [5, 5.41) is 3.25. The number of benzene rings is 2. The summed E-state index contributed by atoms with van der Waals surface area (Å²) in [4.78, 5) is 14.6. The molecule has 0 spiro atoms. The first-order valence-corrected chi connectivity index (χ1v) is 10.1. The third kappa shape index (κ3) is 5.45. The zero-order chi connectivity index (χ0) is 18.6. The van der Waals surface area contributed by atoms with E-state index in [-0.39, 0.29) is 23.2 Å². The van der Waals surface area contributed by atoms with Gasteiger partial charge in [0.05, 0.1) is 4.90 Å². The van der Waals surface area contributed by atoms with Gasteiger partial charge in [0.2, 0.25) is 0 Å². The highest BCUT2D eigenvalue weighted by molar-refractivity contribution is 7.92. The molecule has 0 saturated carbocycles. The molecule has 8 heteroatoms. The predicted octanol–water partition coefficient (Wildman–Crippen LogP) is 2.65. The van der Waals surface area contributed by atoms with E-state index in [1.54, 1.807) is 29.2 Å². The molecule has 1 saturated heterocycles. The molecule has 6 nitrogen and oxygen atoms in total. The summed E-state index contributed by atoms with van der Waals surface area (Å²) in [7, 11) is -3.75. The van der Waals surface area contributed by atoms with Crippen LogP contribution in [0.15, 0.2) is 53.4 Å². The van der Waals surface area contributed by atoms with E-state index < -0.39 is 10.0 Å². The van der Waals surface area contributed by atoms with Gasteiger partial charge in [-0.2, -0.15) is 0 Å². The molecule has 2 aromatic rings. The maximum atomic E-state index is 12.7. The first-order valence-electron chi connectivity index (χ1n) is 8.65. The second-order valence-electron chi connectivity index (χ2n) is 6.40. The van der Waals surface area contributed by atoms with Crippen LogP contribution in [0.4, 0.5) is 5.69 Å². The maximum Gasteiger partial charge on any atom is 0.261 e. The molecule has 0 atom stereocenters. The Labute approximate surface area is 166 Å². The predicted molar refractivity (Wildman–Crippen MR) is 109 cm³/mol. The molecule has 1 amide bonds. The zero-order valence-electron chi connectivity index (χ0n) is 15.1. The Morgan fingerprint density at radius 1 is 1.07 bits per heavy atom. The van der Waals surface area contributed by atoms with Crippen molar-refractivity contribution in [3.63, 3.8) is 0 Å². The highest BCUT2D eigenvalue weighted by Gasteiger charge is 2.20. The average Bonchev–Trinajstić information content (AvgIpc) is 2.92. The Morgan fingerprint density at radius 2 is 1.81 bits per heavy atom. The van der Waals surface area contributed by atoms with Crippen molar-refractivity contribution in [1.29, 1.82) is 0 Å². The molecular formula is C19H24ClN3O3S. The van der Waals surface area contributed by atoms with E-state index in [1.807, 2.05) is 19.1 Å². The molecule has 0 bridgehead atoms. The summed E-state index contributed by atoms with van der Waals surface area (Å²) in [6, 6.07) is 13.3. The minimum absolute atomic E-state index is 0. The number of halogens is 1. The Kier molecular flexibility index (Phi) is 7.24. The van der Waals surface area contributed by atoms with Crippen molar-refractivity contribution in [2.24, 2.45) is 0 Å². The molecular weight excluding hydrogens is 386 g/mol. The van der Waals surface area contributed by atoms with Crippen molar-refractivity contribution >= 4 is 34.0 Å². The lowest BCUT2D eigenvalue weighted by Crippen LogP contribution is -2.34. The summed E-state index contributed by atoms with van der Waals surface area (Å²) in [5.41, 5.74) is 1.93. The summed E-state index contributed by atoms with van der Waals surface area (Å²) in [6.45, 7) is 4.87. The maximum absolute atomic E-state index is 12.7. The third-order valence-corrected chi connectivity index (χ3v) is 5.70. The van der Waals surface area contributed by atoms with Crippen LogP contribution in [-0.2, 0) is 10.0 Å². The van der Waals surface area contributed by atoms with E-state index in [0.29, 0.717) is 24.3 Å². The number of amides is 1. The summed E-state index contributed by atoms with van der Waals surface area (Å²) < 4.78 is 27.8. The number of aryl methyl sites for hydroxylation is 1. The number of nitrogens with zero attached hydrogens (tertiary/aromatic N) is 1. The fraction of sp³-hybridized carbons (Fsp3) is 0.316. The van der Waals surface area contributed by atoms with E-state index >= 15 is 0 Å². The summed E-state index contributed by atoms with van der Waals surface area (Å²) >= 11 is 0. The van der Waals surface area contributed by atoms with Gasteiger partial charge in [-0.3, -0.25) is 9.52 Å². The Hall–Kier alpha value is -2.09. The van der Waals surface area contributed by atoms with Crippen LogP contribution in [0.2, 0.25) is 0 Å². The molecule has 1 aliphatic heterocycles. The van der Waals surface area contributed by atoms with Gasteiger partial charge in [0.15, 0.2) is 0 Å². The molecule has 0 radical (unpaired) electrons. The van der Waals surface area contributed by atoms with Gasteiger partial charge in [0.25, 0.3) is 15.9 Å². The van der Waals surface area contributed by atoms with Crippen molar-refractivity contribution in [2.75, 3.05) is 30.9 Å². The normalized spacial score (nSPS) is 14.8. The van der Waals surface area contributed by atoms with E-state index in [1.165, 1.54) is 12.1 Å². The average molecular weight is 410 g/mol. The van der Waals surface area contributed by atoms with Crippen molar-refractivity contribution in [3.8, 4) is 0 Å². The van der Waals surface area contributed by atoms with E-state index in [2.05, 4.69) is 10.0 Å². The number of rotatable bonds is 4. The molecule has 1 heterocycles. The van der Waals surface area contributed by atoms with Gasteiger partial charge in [-0.1, -0.05) is 23.8 Å². The Bertz CT molecular complexity index is 877. The largest absolute Gasteiger partial charge is 0.337 e. The molecule has 2 aromatic carbocycles. The number of sulfonamides is 1. The zero-order valence-corrected chi connectivity index (χ0v) is 16.8. The van der Waals surface area contributed by atoms with Crippen LogP contribution in [0.1, 0.15) is 22.3 Å². The van der Waals surface area contributed by atoms with Crippen molar-refractivity contribution in [1.82, 2.24) is 10.2 Å². The van der Waals surface area contributed by atoms with Crippen LogP contribution in [0.25, 0.3) is 0 Å². The van der Waals surface area contributed by atoms with Crippen LogP contribution in [0.5, 0.6) is 0 Å². The van der Waals surface area contributed by atoms with Gasteiger partial charge in [0, 0.05) is 30.9 Å². The number of carbonyl (C=O) groups is 1. The van der Waals surface area contributed by atoms with Crippen LogP contribution in [0, 0.1) is 6.92 Å². The van der Waals surface area contributed by atoms with E-state index in [9.17, 15) is 13.2 Å². The quantitative estimate of drug-likeness (QED) is 0.813. The van der Waals surface area contributed by atoms with Crippen molar-refractivity contribution in [2.45, 2.75) is 18.2 Å². The van der Waals surface area contributed by atoms with Gasteiger partial charge < -0.3 is 10.2 Å². The Morgan fingerprint density at radius 3 is 2.56 bits per heavy atom. The minimum atomic E-state index is -3.75. The molecule has 1 aliphatic rings. The number of anilines is 1. The van der Waals surface area contributed by atoms with Gasteiger partial charge >= 0.3 is 0 Å². The van der Waals surface area contributed by atoms with Gasteiger partial charge in [-0.05, 0) is 50.2 Å². The molecule has 2 N–H and O–H groups in total. The lowest BCUT2D eigenvalue weighted by atomic mass is 10.2. The molecule has 146 valence electrons. The molecule has 0 aliphatic carbocycles. The highest BCUT2D eigenvalue weighted by atomic mass is 35.5. The number of nitrogens with one attached hydrogen (secondary N) is 2. The molecule has 27 heavy (non-hydrogen) atoms. The molecule has 3 rings (SSSR count). The van der Waals surface area contributed by atoms with Crippen molar-refractivity contribution in [3.05, 3.63) is 59.7 Å². The molecule has 1 fully saturated rings. The van der Waals surface area contributed by atoms with E-state index in [4.69, 9.17) is 0 Å². The summed E-state index contributed by atoms with van der Waals surface area (Å²) in [6.07, 6.45) is 0.888. The van der Waals surface area contributed by atoms with Gasteiger partial charge in [0.1, 0.15) is 0 Å². The highest BCUT2D eigenvalue weighted by Crippen LogP contribution is 2.18. The van der Waals surface area contributed by atoms with Crippen LogP contribution in [-0.4, -0.2) is 45.4 Å². The van der Waals surface area contributed by atoms with Crippen molar-refractivity contribution < 1.29 is 13.2 Å². The number of hydrogen-bond donors (Lipinski definition) is 2.